The molecule has 0 spiro atoms. The fourth-order valence-corrected chi connectivity index (χ4v) is 2.59. The summed E-state index contributed by atoms with van der Waals surface area (Å²) in [5.41, 5.74) is 4.13. The fraction of sp³-hybridized carbons (Fsp3) is 0.471. The van der Waals surface area contributed by atoms with Gasteiger partial charge in [-0.25, -0.2) is 0 Å². The van der Waals surface area contributed by atoms with Crippen LogP contribution in [0, 0.1) is 13.8 Å². The first-order chi connectivity index (χ1) is 9.54. The lowest BCUT2D eigenvalue weighted by atomic mass is 10.1. The van der Waals surface area contributed by atoms with Crippen LogP contribution in [-0.2, 0) is 6.54 Å². The van der Waals surface area contributed by atoms with E-state index in [1.165, 1.54) is 12.8 Å². The van der Waals surface area contributed by atoms with Gasteiger partial charge < -0.3 is 9.88 Å². The predicted octanol–water partition coefficient (Wildman–Crippen LogP) is 3.38. The van der Waals surface area contributed by atoms with E-state index < -0.39 is 0 Å². The van der Waals surface area contributed by atoms with Crippen molar-refractivity contribution in [3.63, 3.8) is 0 Å². The highest BCUT2D eigenvalue weighted by Crippen LogP contribution is 2.16. The van der Waals surface area contributed by atoms with Crippen molar-refractivity contribution in [3.8, 4) is 0 Å². The number of nitrogens with one attached hydrogen (secondary N) is 1. The second-order valence-corrected chi connectivity index (χ2v) is 5.65. The molecule has 1 heterocycles. The Morgan fingerprint density at radius 1 is 1.25 bits per heavy atom. The summed E-state index contributed by atoms with van der Waals surface area (Å²) >= 11 is 0. The quantitative estimate of drug-likeness (QED) is 0.906. The van der Waals surface area contributed by atoms with Crippen LogP contribution in [0.25, 0.3) is 10.9 Å². The molecule has 20 heavy (non-hydrogen) atoms. The summed E-state index contributed by atoms with van der Waals surface area (Å²) in [7, 11) is 2.08. The number of aromatic nitrogens is 1. The number of nitrogens with zero attached hydrogens (tertiary/aromatic N) is 1. The van der Waals surface area contributed by atoms with E-state index >= 15 is 0 Å². The number of unbranched alkanes of at least 4 members (excludes halogenated alkanes) is 1. The molecule has 0 aliphatic carbocycles. The molecule has 2 rings (SSSR count). The van der Waals surface area contributed by atoms with Crippen LogP contribution in [0.3, 0.4) is 0 Å². The van der Waals surface area contributed by atoms with Gasteiger partial charge in [0.1, 0.15) is 0 Å². The van der Waals surface area contributed by atoms with Crippen LogP contribution in [0.4, 0.5) is 0 Å². The van der Waals surface area contributed by atoms with Crippen LogP contribution < -0.4 is 5.43 Å². The molecule has 108 valence electrons. The van der Waals surface area contributed by atoms with E-state index in [9.17, 15) is 4.79 Å². The van der Waals surface area contributed by atoms with Crippen LogP contribution in [0.5, 0.6) is 0 Å². The monoisotopic (exact) mass is 272 g/mol. The number of hydrogen-bond donors (Lipinski definition) is 1. The average Bonchev–Trinajstić information content (AvgIpc) is 2.42. The number of fused-ring (bicyclic) bond motifs is 1. The Kier molecular flexibility index (Phi) is 4.61. The van der Waals surface area contributed by atoms with Crippen molar-refractivity contribution in [2.75, 3.05) is 13.6 Å². The van der Waals surface area contributed by atoms with Gasteiger partial charge in [-0.3, -0.25) is 4.79 Å². The molecule has 1 aromatic heterocycles. The largest absolute Gasteiger partial charge is 0.358 e. The molecule has 3 nitrogen and oxygen atoms in total. The molecule has 0 amide bonds. The Bertz CT molecular complexity index is 658. The van der Waals surface area contributed by atoms with Gasteiger partial charge in [0.2, 0.25) is 0 Å². The third-order valence-electron chi connectivity index (χ3n) is 3.88. The van der Waals surface area contributed by atoms with Gasteiger partial charge in [-0.05, 0) is 45.5 Å². The van der Waals surface area contributed by atoms with Crippen molar-refractivity contribution in [2.24, 2.45) is 0 Å². The SMILES string of the molecule is CCCCN(C)Cc1c(C)[nH]c2c(C)cccc2c1=O. The summed E-state index contributed by atoms with van der Waals surface area (Å²) in [5, 5.41) is 0.800. The standard InChI is InChI=1S/C17H24N2O/c1-5-6-10-19(4)11-15-13(3)18-16-12(2)8-7-9-14(16)17(15)20/h7-9H,5-6,10-11H2,1-4H3,(H,18,20). The summed E-state index contributed by atoms with van der Waals surface area (Å²) in [6.07, 6.45) is 2.34. The molecule has 1 N–H and O–H groups in total. The van der Waals surface area contributed by atoms with Crippen LogP contribution in [0.1, 0.15) is 36.6 Å². The van der Waals surface area contributed by atoms with Gasteiger partial charge in [-0.2, -0.15) is 0 Å². The first-order valence-electron chi connectivity index (χ1n) is 7.34. The molecule has 2 aromatic rings. The Morgan fingerprint density at radius 2 is 2.00 bits per heavy atom. The van der Waals surface area contributed by atoms with Crippen molar-refractivity contribution in [1.82, 2.24) is 9.88 Å². The van der Waals surface area contributed by atoms with Crippen molar-refractivity contribution < 1.29 is 0 Å². The number of hydrogen-bond acceptors (Lipinski definition) is 2. The minimum absolute atomic E-state index is 0.170. The summed E-state index contributed by atoms with van der Waals surface area (Å²) in [6.45, 7) is 7.96. The average molecular weight is 272 g/mol. The van der Waals surface area contributed by atoms with E-state index in [4.69, 9.17) is 0 Å². The van der Waals surface area contributed by atoms with Gasteiger partial charge >= 0.3 is 0 Å². The second-order valence-electron chi connectivity index (χ2n) is 5.65. The lowest BCUT2D eigenvalue weighted by Crippen LogP contribution is -2.25. The lowest BCUT2D eigenvalue weighted by molar-refractivity contribution is 0.319. The fourth-order valence-electron chi connectivity index (χ4n) is 2.59. The number of pyridine rings is 1. The molecule has 0 unspecified atom stereocenters. The van der Waals surface area contributed by atoms with Crippen LogP contribution in [0.15, 0.2) is 23.0 Å². The topological polar surface area (TPSA) is 36.1 Å². The molecular weight excluding hydrogens is 248 g/mol. The van der Waals surface area contributed by atoms with Crippen molar-refractivity contribution in [1.29, 1.82) is 0 Å². The number of aryl methyl sites for hydroxylation is 2. The van der Waals surface area contributed by atoms with E-state index in [0.29, 0.717) is 6.54 Å². The van der Waals surface area contributed by atoms with Crippen molar-refractivity contribution >= 4 is 10.9 Å². The summed E-state index contributed by atoms with van der Waals surface area (Å²) in [6, 6.07) is 5.90. The molecule has 0 aliphatic rings. The highest BCUT2D eigenvalue weighted by molar-refractivity contribution is 5.82. The van der Waals surface area contributed by atoms with Crippen LogP contribution in [0.2, 0.25) is 0 Å². The third-order valence-corrected chi connectivity index (χ3v) is 3.88. The molecule has 0 radical (unpaired) electrons. The van der Waals surface area contributed by atoms with Gasteiger partial charge in [0.25, 0.3) is 0 Å². The highest BCUT2D eigenvalue weighted by Gasteiger charge is 2.12. The maximum atomic E-state index is 12.7. The maximum Gasteiger partial charge on any atom is 0.194 e. The Balaban J connectivity index is 2.42. The van der Waals surface area contributed by atoms with Gasteiger partial charge in [0.15, 0.2) is 5.43 Å². The van der Waals surface area contributed by atoms with E-state index in [0.717, 1.165) is 34.3 Å². The highest BCUT2D eigenvalue weighted by atomic mass is 16.1. The van der Waals surface area contributed by atoms with Gasteiger partial charge in [-0.1, -0.05) is 25.5 Å². The van der Waals surface area contributed by atoms with E-state index in [2.05, 4.69) is 23.9 Å². The van der Waals surface area contributed by atoms with E-state index in [-0.39, 0.29) is 5.43 Å². The Hall–Kier alpha value is -1.61. The van der Waals surface area contributed by atoms with Gasteiger partial charge in [-0.15, -0.1) is 0 Å². The number of rotatable bonds is 5. The second kappa shape index (κ2) is 6.23. The third kappa shape index (κ3) is 2.93. The molecule has 0 saturated heterocycles. The molecule has 0 fully saturated rings. The predicted molar refractivity (Wildman–Crippen MR) is 85.3 cm³/mol. The van der Waals surface area contributed by atoms with Crippen molar-refractivity contribution in [2.45, 2.75) is 40.2 Å². The molecule has 0 atom stereocenters. The Morgan fingerprint density at radius 3 is 2.70 bits per heavy atom. The lowest BCUT2D eigenvalue weighted by Gasteiger charge is -2.18. The molecule has 0 saturated carbocycles. The zero-order valence-electron chi connectivity index (χ0n) is 12.9. The molecule has 0 aliphatic heterocycles. The summed E-state index contributed by atoms with van der Waals surface area (Å²) in [5.74, 6) is 0. The minimum atomic E-state index is 0.170. The molecular formula is C17H24N2O. The van der Waals surface area contributed by atoms with E-state index in [1.54, 1.807) is 0 Å². The smallest absolute Gasteiger partial charge is 0.194 e. The van der Waals surface area contributed by atoms with Crippen molar-refractivity contribution in [3.05, 3.63) is 45.2 Å². The van der Waals surface area contributed by atoms with E-state index in [1.807, 2.05) is 32.0 Å². The van der Waals surface area contributed by atoms with Crippen LogP contribution in [-0.4, -0.2) is 23.5 Å². The summed E-state index contributed by atoms with van der Waals surface area (Å²) < 4.78 is 0. The zero-order valence-corrected chi connectivity index (χ0v) is 12.9. The van der Waals surface area contributed by atoms with Crippen LogP contribution >= 0.6 is 0 Å². The maximum absolute atomic E-state index is 12.7. The Labute approximate surface area is 120 Å². The first-order valence-corrected chi connectivity index (χ1v) is 7.34. The van der Waals surface area contributed by atoms with Gasteiger partial charge in [0.05, 0.1) is 5.52 Å². The number of H-pyrrole nitrogens is 1. The number of aromatic amines is 1. The first kappa shape index (κ1) is 14.8. The molecule has 3 heteroatoms. The number of para-hydroxylation sites is 1. The molecule has 1 aromatic carbocycles. The van der Waals surface area contributed by atoms with Gasteiger partial charge in [0, 0.05) is 23.2 Å². The normalized spacial score (nSPS) is 11.4. The molecule has 0 bridgehead atoms. The summed E-state index contributed by atoms with van der Waals surface area (Å²) in [4.78, 5) is 18.3. The minimum Gasteiger partial charge on any atom is -0.358 e. The zero-order chi connectivity index (χ0) is 14.7. The number of benzene rings is 1.